The molecule has 0 aromatic heterocycles. The minimum atomic E-state index is -2.04. The number of carbonyl (C=O) groups is 4. The average molecular weight is 526 g/mol. The fraction of sp³-hybridized carbons (Fsp3) is 0. The topological polar surface area (TPSA) is 74.8 Å². The Balaban J connectivity index is 1.74. The Morgan fingerprint density at radius 3 is 0.947 bits per heavy atom. The minimum absolute atomic E-state index is 0.00210. The zero-order valence-corrected chi connectivity index (χ0v) is 18.4. The van der Waals surface area contributed by atoms with Crippen LogP contribution < -0.4 is 9.80 Å². The summed E-state index contributed by atoms with van der Waals surface area (Å²) in [4.78, 5) is 53.0. The zero-order chi connectivity index (χ0) is 27.2. The Labute approximate surface area is 207 Å². The number of para-hydroxylation sites is 2. The van der Waals surface area contributed by atoms with Gasteiger partial charge in [-0.1, -0.05) is 24.3 Å². The van der Waals surface area contributed by atoms with Crippen molar-refractivity contribution in [3.63, 3.8) is 0 Å². The molecule has 6 rings (SSSR count). The maximum absolute atomic E-state index is 15.5. The molecule has 4 aromatic carbocycles. The van der Waals surface area contributed by atoms with Gasteiger partial charge in [0.25, 0.3) is 23.6 Å². The predicted octanol–water partition coefficient (Wildman–Crippen LogP) is 5.28. The first-order valence-electron chi connectivity index (χ1n) is 10.7. The van der Waals surface area contributed by atoms with Crippen molar-refractivity contribution in [1.82, 2.24) is 0 Å². The molecule has 0 aliphatic carbocycles. The molecule has 0 saturated carbocycles. The number of amides is 4. The van der Waals surface area contributed by atoms with Crippen molar-refractivity contribution in [1.29, 1.82) is 0 Å². The van der Waals surface area contributed by atoms with Crippen molar-refractivity contribution in [3.05, 3.63) is 106 Å². The zero-order valence-electron chi connectivity index (χ0n) is 18.4. The lowest BCUT2D eigenvalue weighted by Gasteiger charge is -2.33. The molecule has 0 unspecified atom stereocenters. The van der Waals surface area contributed by atoms with Crippen LogP contribution in [0.25, 0.3) is 10.8 Å². The monoisotopic (exact) mass is 526 g/mol. The minimum Gasteiger partial charge on any atom is -0.268 e. The van der Waals surface area contributed by atoms with E-state index in [9.17, 15) is 28.0 Å². The number of imide groups is 2. The second kappa shape index (κ2) is 7.75. The van der Waals surface area contributed by atoms with E-state index in [2.05, 4.69) is 0 Å². The summed E-state index contributed by atoms with van der Waals surface area (Å²) in [6, 6.07) is 8.25. The van der Waals surface area contributed by atoms with Crippen LogP contribution >= 0.6 is 0 Å². The van der Waals surface area contributed by atoms with Gasteiger partial charge in [0, 0.05) is 10.8 Å². The number of carbonyl (C=O) groups excluding carboxylic acids is 4. The number of halogens is 6. The highest BCUT2D eigenvalue weighted by Gasteiger charge is 2.48. The van der Waals surface area contributed by atoms with Gasteiger partial charge in [0.05, 0.1) is 33.6 Å². The Bertz CT molecular complexity index is 1620. The van der Waals surface area contributed by atoms with Crippen LogP contribution in [0.5, 0.6) is 0 Å². The maximum atomic E-state index is 15.5. The third-order valence-electron chi connectivity index (χ3n) is 6.37. The van der Waals surface area contributed by atoms with Crippen LogP contribution in [0.1, 0.15) is 41.4 Å². The van der Waals surface area contributed by atoms with Gasteiger partial charge < -0.3 is 0 Å². The fourth-order valence-electron chi connectivity index (χ4n) is 4.77. The lowest BCUT2D eigenvalue weighted by Crippen LogP contribution is -2.46. The van der Waals surface area contributed by atoms with Crippen LogP contribution in [-0.4, -0.2) is 23.6 Å². The molecule has 0 N–H and O–H groups in total. The van der Waals surface area contributed by atoms with E-state index in [1.807, 2.05) is 0 Å². The van der Waals surface area contributed by atoms with Crippen LogP contribution in [-0.2, 0) is 0 Å². The van der Waals surface area contributed by atoms with Gasteiger partial charge in [0.15, 0.2) is 23.3 Å². The normalized spacial score (nSPS) is 14.7. The molecule has 0 radical (unpaired) electrons. The van der Waals surface area contributed by atoms with Gasteiger partial charge in [0.1, 0.15) is 11.6 Å². The van der Waals surface area contributed by atoms with Crippen molar-refractivity contribution >= 4 is 45.8 Å². The summed E-state index contributed by atoms with van der Waals surface area (Å²) in [5.74, 6) is -17.1. The van der Waals surface area contributed by atoms with Gasteiger partial charge in [-0.15, -0.1) is 0 Å². The Hall–Kier alpha value is -5.00. The Kier molecular flexibility index (Phi) is 4.77. The average Bonchev–Trinajstić information content (AvgIpc) is 2.87. The van der Waals surface area contributed by atoms with E-state index >= 15 is 17.6 Å². The number of hydrogen-bond acceptors (Lipinski definition) is 4. The first kappa shape index (κ1) is 23.4. The fourth-order valence-corrected chi connectivity index (χ4v) is 4.77. The lowest BCUT2D eigenvalue weighted by atomic mass is 9.84. The summed E-state index contributed by atoms with van der Waals surface area (Å²) < 4.78 is 90.8. The molecule has 0 bridgehead atoms. The molecule has 2 aliphatic rings. The molecule has 0 spiro atoms. The molecular weight excluding hydrogens is 518 g/mol. The molecular formula is C26H8F6N2O4. The molecule has 0 fully saturated rings. The van der Waals surface area contributed by atoms with Gasteiger partial charge >= 0.3 is 0 Å². The second-order valence-corrected chi connectivity index (χ2v) is 8.30. The summed E-state index contributed by atoms with van der Waals surface area (Å²) in [5, 5.41) is -2.07. The largest absolute Gasteiger partial charge is 0.269 e. The van der Waals surface area contributed by atoms with Crippen molar-refractivity contribution < 1.29 is 45.5 Å². The van der Waals surface area contributed by atoms with Crippen molar-refractivity contribution in [2.45, 2.75) is 0 Å². The van der Waals surface area contributed by atoms with Crippen LogP contribution in [0.4, 0.5) is 37.7 Å². The summed E-state index contributed by atoms with van der Waals surface area (Å²) in [6.45, 7) is 0. The standard InChI is InChI=1S/C26H8F6N2O4/c27-9-5-1-3-7-11(9)33-23(35)15-13-14-17(21(31)19(15)29)25(37)34(12-8-4-2-6-10(12)28)26(38)18(14)22(32)20(30)16(13)24(33)36/h1-8H. The Morgan fingerprint density at radius 1 is 0.421 bits per heavy atom. The molecule has 188 valence electrons. The second-order valence-electron chi connectivity index (χ2n) is 8.30. The predicted molar refractivity (Wildman–Crippen MR) is 119 cm³/mol. The number of benzene rings is 4. The van der Waals surface area contributed by atoms with Gasteiger partial charge in [0.2, 0.25) is 0 Å². The summed E-state index contributed by atoms with van der Waals surface area (Å²) in [5.41, 5.74) is -6.81. The SMILES string of the molecule is O=C1c2c(F)c(F)c3c4c(c(F)c(F)c(c24)C(=O)N1c1ccccc1F)C(=O)N(c1ccccc1F)C3=O. The van der Waals surface area contributed by atoms with Gasteiger partial charge in [-0.05, 0) is 24.3 Å². The van der Waals surface area contributed by atoms with Crippen LogP contribution in [0.2, 0.25) is 0 Å². The highest BCUT2D eigenvalue weighted by Crippen LogP contribution is 2.45. The van der Waals surface area contributed by atoms with Crippen molar-refractivity contribution in [2.24, 2.45) is 0 Å². The van der Waals surface area contributed by atoms with E-state index in [1.54, 1.807) is 0 Å². The molecule has 4 amide bonds. The van der Waals surface area contributed by atoms with Crippen LogP contribution in [0, 0.1) is 34.9 Å². The van der Waals surface area contributed by atoms with E-state index in [1.165, 1.54) is 24.3 Å². The van der Waals surface area contributed by atoms with Crippen LogP contribution in [0.15, 0.2) is 48.5 Å². The lowest BCUT2D eigenvalue weighted by molar-refractivity contribution is 0.0861. The quantitative estimate of drug-likeness (QED) is 0.263. The summed E-state index contributed by atoms with van der Waals surface area (Å²) in [7, 11) is 0. The number of anilines is 2. The molecule has 4 aromatic rings. The third kappa shape index (κ3) is 2.74. The Morgan fingerprint density at radius 2 is 0.684 bits per heavy atom. The van der Waals surface area contributed by atoms with Gasteiger partial charge in [-0.3, -0.25) is 19.2 Å². The summed E-state index contributed by atoms with van der Waals surface area (Å²) in [6.07, 6.45) is 0. The van der Waals surface area contributed by atoms with E-state index < -0.39 is 103 Å². The molecule has 12 heteroatoms. The van der Waals surface area contributed by atoms with E-state index in [4.69, 9.17) is 0 Å². The first-order chi connectivity index (χ1) is 18.1. The number of nitrogens with zero attached hydrogens (tertiary/aromatic N) is 2. The van der Waals surface area contributed by atoms with E-state index in [-0.39, 0.29) is 9.80 Å². The van der Waals surface area contributed by atoms with Crippen molar-refractivity contribution in [2.75, 3.05) is 9.80 Å². The number of hydrogen-bond donors (Lipinski definition) is 0. The first-order valence-corrected chi connectivity index (χ1v) is 10.7. The third-order valence-corrected chi connectivity index (χ3v) is 6.37. The molecule has 6 nitrogen and oxygen atoms in total. The molecule has 0 atom stereocenters. The van der Waals surface area contributed by atoms with Crippen molar-refractivity contribution in [3.8, 4) is 0 Å². The summed E-state index contributed by atoms with van der Waals surface area (Å²) >= 11 is 0. The smallest absolute Gasteiger partial charge is 0.268 e. The molecule has 2 aliphatic heterocycles. The maximum Gasteiger partial charge on any atom is 0.269 e. The van der Waals surface area contributed by atoms with Gasteiger partial charge in [-0.2, -0.15) is 0 Å². The van der Waals surface area contributed by atoms with E-state index in [0.29, 0.717) is 0 Å². The highest BCUT2D eigenvalue weighted by molar-refractivity contribution is 6.42. The van der Waals surface area contributed by atoms with Crippen LogP contribution in [0.3, 0.4) is 0 Å². The van der Waals surface area contributed by atoms with E-state index in [0.717, 1.165) is 24.3 Å². The highest BCUT2D eigenvalue weighted by atomic mass is 19.2. The molecule has 2 heterocycles. The molecule has 0 saturated heterocycles. The van der Waals surface area contributed by atoms with Gasteiger partial charge in [-0.25, -0.2) is 36.1 Å². The number of rotatable bonds is 2. The molecule has 38 heavy (non-hydrogen) atoms.